The van der Waals surface area contributed by atoms with E-state index in [4.69, 9.17) is 5.11 Å². The van der Waals surface area contributed by atoms with Crippen LogP contribution in [-0.2, 0) is 9.84 Å². The Kier molecular flexibility index (Phi) is 2.25. The molecule has 0 spiro atoms. The molecular weight excluding hydrogens is 116 g/mol. The first kappa shape index (κ1) is 6.91. The van der Waals surface area contributed by atoms with Gasteiger partial charge in [-0.15, -0.1) is 0 Å². The highest BCUT2D eigenvalue weighted by molar-refractivity contribution is 7.93. The first-order valence-electron chi connectivity index (χ1n) is 1.82. The molecule has 0 unspecified atom stereocenters. The number of hydrogen-bond acceptors (Lipinski definition) is 3. The molecule has 1 radical (unpaired) electrons. The molecule has 4 heteroatoms. The number of rotatable bonds is 2. The monoisotopic (exact) mass is 123 g/mol. The van der Waals surface area contributed by atoms with Crippen molar-refractivity contribution in [2.24, 2.45) is 0 Å². The van der Waals surface area contributed by atoms with E-state index in [0.29, 0.717) is 0 Å². The Balaban J connectivity index is 3.89. The van der Waals surface area contributed by atoms with E-state index in [1.54, 1.807) is 0 Å². The summed E-state index contributed by atoms with van der Waals surface area (Å²) >= 11 is 0. The largest absolute Gasteiger partial charge is 0.374 e. The average molecular weight is 123 g/mol. The molecule has 0 aromatic heterocycles. The molecule has 43 valence electrons. The molecule has 7 heavy (non-hydrogen) atoms. The van der Waals surface area contributed by atoms with Gasteiger partial charge in [0.25, 0.3) is 0 Å². The minimum absolute atomic E-state index is 0.0382. The lowest BCUT2D eigenvalue weighted by Crippen LogP contribution is -2.01. The smallest absolute Gasteiger partial charge is 0.195 e. The zero-order valence-corrected chi connectivity index (χ0v) is 4.77. The van der Waals surface area contributed by atoms with Crippen LogP contribution in [0, 0.1) is 5.94 Å². The van der Waals surface area contributed by atoms with Gasteiger partial charge in [0.05, 0.1) is 5.75 Å². The summed E-state index contributed by atoms with van der Waals surface area (Å²) in [6.07, 6.45) is 0. The molecule has 0 atom stereocenters. The van der Waals surface area contributed by atoms with E-state index in [9.17, 15) is 8.42 Å². The zero-order chi connectivity index (χ0) is 5.91. The second-order valence-corrected chi connectivity index (χ2v) is 3.17. The number of aliphatic hydroxyl groups is 1. The highest BCUT2D eigenvalue weighted by atomic mass is 32.2. The van der Waals surface area contributed by atoms with Crippen LogP contribution in [0.5, 0.6) is 0 Å². The molecule has 0 aromatic rings. The van der Waals surface area contributed by atoms with E-state index in [1.165, 1.54) is 6.92 Å². The van der Waals surface area contributed by atoms with Gasteiger partial charge in [-0.1, -0.05) is 6.92 Å². The molecule has 3 nitrogen and oxygen atoms in total. The van der Waals surface area contributed by atoms with Gasteiger partial charge in [-0.2, -0.15) is 0 Å². The van der Waals surface area contributed by atoms with Crippen molar-refractivity contribution in [3.63, 3.8) is 0 Å². The van der Waals surface area contributed by atoms with E-state index in [0.717, 1.165) is 0 Å². The van der Waals surface area contributed by atoms with Gasteiger partial charge in [-0.3, -0.25) is 0 Å². The third-order valence-corrected chi connectivity index (χ3v) is 1.69. The fraction of sp³-hybridized carbons (Fsp3) is 0.667. The van der Waals surface area contributed by atoms with Crippen LogP contribution in [0.4, 0.5) is 0 Å². The molecule has 0 aliphatic heterocycles. The molecule has 0 aliphatic carbocycles. The van der Waals surface area contributed by atoms with Gasteiger partial charge in [0.1, 0.15) is 0 Å². The quantitative estimate of drug-likeness (QED) is 0.558. The van der Waals surface area contributed by atoms with Crippen molar-refractivity contribution in [3.05, 3.63) is 5.94 Å². The first-order valence-corrected chi connectivity index (χ1v) is 3.54. The van der Waals surface area contributed by atoms with E-state index < -0.39 is 9.84 Å². The molecule has 0 amide bonds. The Bertz CT molecular complexity index is 113. The van der Waals surface area contributed by atoms with Crippen molar-refractivity contribution >= 4 is 9.84 Å². The summed E-state index contributed by atoms with van der Waals surface area (Å²) in [5.74, 6) is 0.177. The minimum atomic E-state index is -3.23. The maximum Gasteiger partial charge on any atom is 0.195 e. The van der Waals surface area contributed by atoms with Gasteiger partial charge < -0.3 is 5.11 Å². The van der Waals surface area contributed by atoms with Crippen LogP contribution in [0.25, 0.3) is 0 Å². The van der Waals surface area contributed by atoms with Crippen LogP contribution >= 0.6 is 0 Å². The molecule has 0 rings (SSSR count). The van der Waals surface area contributed by atoms with E-state index in [-0.39, 0.29) is 11.7 Å². The molecule has 0 aliphatic rings. The Labute approximate surface area is 42.9 Å². The third-order valence-electron chi connectivity index (χ3n) is 0.563. The molecule has 1 N–H and O–H groups in total. The number of aliphatic hydroxyl groups excluding tert-OH is 1. The summed E-state index contributed by atoms with van der Waals surface area (Å²) in [4.78, 5) is 0. The predicted molar refractivity (Wildman–Crippen MR) is 25.7 cm³/mol. The van der Waals surface area contributed by atoms with Crippen molar-refractivity contribution < 1.29 is 13.5 Å². The fourth-order valence-electron chi connectivity index (χ4n) is 0.0745. The molecule has 0 bridgehead atoms. The van der Waals surface area contributed by atoms with Crippen LogP contribution in [0.1, 0.15) is 6.92 Å². The number of sulfone groups is 1. The fourth-order valence-corrected chi connectivity index (χ4v) is 0.224. The van der Waals surface area contributed by atoms with Crippen LogP contribution in [0.15, 0.2) is 0 Å². The van der Waals surface area contributed by atoms with Crippen molar-refractivity contribution in [1.82, 2.24) is 0 Å². The lowest BCUT2D eigenvalue weighted by molar-refractivity contribution is 0.428. The normalized spacial score (nSPS) is 11.7. The third kappa shape index (κ3) is 2.59. The standard InChI is InChI=1S/C3H7O3S/c1-2-7(5,6)3-4/h3-4H,2H2,1H3. The second kappa shape index (κ2) is 2.28. The molecule has 0 heterocycles. The van der Waals surface area contributed by atoms with E-state index in [1.807, 2.05) is 0 Å². The highest BCUT2D eigenvalue weighted by Crippen LogP contribution is 1.87. The van der Waals surface area contributed by atoms with Crippen LogP contribution < -0.4 is 0 Å². The Morgan fingerprint density at radius 3 is 2.14 bits per heavy atom. The van der Waals surface area contributed by atoms with E-state index in [2.05, 4.69) is 0 Å². The summed E-state index contributed by atoms with van der Waals surface area (Å²) in [6, 6.07) is 0. The van der Waals surface area contributed by atoms with E-state index >= 15 is 0 Å². The summed E-state index contributed by atoms with van der Waals surface area (Å²) in [5.41, 5.74) is 0. The summed E-state index contributed by atoms with van der Waals surface area (Å²) in [6.45, 7) is 1.46. The van der Waals surface area contributed by atoms with Gasteiger partial charge in [0.15, 0.2) is 15.8 Å². The topological polar surface area (TPSA) is 54.4 Å². The molecule has 0 saturated carbocycles. The van der Waals surface area contributed by atoms with Crippen LogP contribution in [0.2, 0.25) is 0 Å². The lowest BCUT2D eigenvalue weighted by Gasteiger charge is -1.87. The van der Waals surface area contributed by atoms with Gasteiger partial charge in [-0.05, 0) is 0 Å². The van der Waals surface area contributed by atoms with Crippen molar-refractivity contribution in [1.29, 1.82) is 0 Å². The Morgan fingerprint density at radius 2 is 2.14 bits per heavy atom. The van der Waals surface area contributed by atoms with Gasteiger partial charge in [-0.25, -0.2) is 8.42 Å². The maximum atomic E-state index is 10.1. The zero-order valence-electron chi connectivity index (χ0n) is 3.96. The summed E-state index contributed by atoms with van der Waals surface area (Å²) in [5, 5.41) is 7.88. The first-order chi connectivity index (χ1) is 3.12. The highest BCUT2D eigenvalue weighted by Gasteiger charge is 2.02. The SMILES string of the molecule is CCS(=O)(=O)[CH]O. The molecule has 0 fully saturated rings. The Morgan fingerprint density at radius 1 is 1.71 bits per heavy atom. The molecular formula is C3H7O3S. The van der Waals surface area contributed by atoms with Crippen LogP contribution in [-0.4, -0.2) is 19.3 Å². The maximum absolute atomic E-state index is 10.1. The predicted octanol–water partition coefficient (Wildman–Crippen LogP) is -0.0871. The molecule has 0 aromatic carbocycles. The van der Waals surface area contributed by atoms with Gasteiger partial charge in [0, 0.05) is 0 Å². The number of hydrogen-bond donors (Lipinski definition) is 1. The summed E-state index contributed by atoms with van der Waals surface area (Å²) in [7, 11) is -3.23. The minimum Gasteiger partial charge on any atom is -0.374 e. The van der Waals surface area contributed by atoms with Crippen molar-refractivity contribution in [2.45, 2.75) is 6.92 Å². The lowest BCUT2D eigenvalue weighted by atomic mass is 11.0. The Hall–Kier alpha value is -0.0900. The molecule has 0 saturated heterocycles. The summed E-state index contributed by atoms with van der Waals surface area (Å²) < 4.78 is 20.1. The second-order valence-electron chi connectivity index (χ2n) is 1.06. The van der Waals surface area contributed by atoms with Gasteiger partial charge >= 0.3 is 0 Å². The van der Waals surface area contributed by atoms with Crippen molar-refractivity contribution in [3.8, 4) is 0 Å². The van der Waals surface area contributed by atoms with Crippen LogP contribution in [0.3, 0.4) is 0 Å². The van der Waals surface area contributed by atoms with Gasteiger partial charge in [0.2, 0.25) is 0 Å². The van der Waals surface area contributed by atoms with Crippen molar-refractivity contribution in [2.75, 3.05) is 5.75 Å². The average Bonchev–Trinajstić information content (AvgIpc) is 1.68.